The van der Waals surface area contributed by atoms with E-state index in [1.807, 2.05) is 6.92 Å². The topological polar surface area (TPSA) is 81.6 Å². The van der Waals surface area contributed by atoms with Crippen LogP contribution in [-0.4, -0.2) is 27.8 Å². The fourth-order valence-corrected chi connectivity index (χ4v) is 2.37. The third-order valence-corrected chi connectivity index (χ3v) is 3.39. The predicted molar refractivity (Wildman–Crippen MR) is 72.5 cm³/mol. The van der Waals surface area contributed by atoms with Crippen LogP contribution in [0.4, 0.5) is 0 Å². The normalized spacial score (nSPS) is 13.8. The SMILES string of the molecule is CCCNC(C)(C#N)CCSc1nccc(=O)[nH]1. The summed E-state index contributed by atoms with van der Waals surface area (Å²) in [5, 5.41) is 13.0. The lowest BCUT2D eigenvalue weighted by atomic mass is 10.0. The van der Waals surface area contributed by atoms with Gasteiger partial charge in [-0.15, -0.1) is 0 Å². The Balaban J connectivity index is 2.45. The van der Waals surface area contributed by atoms with Gasteiger partial charge in [-0.25, -0.2) is 4.98 Å². The molecule has 0 aliphatic rings. The molecule has 98 valence electrons. The molecular weight excluding hydrogens is 248 g/mol. The molecule has 1 heterocycles. The first-order valence-corrected chi connectivity index (χ1v) is 6.92. The number of hydrogen-bond acceptors (Lipinski definition) is 5. The lowest BCUT2D eigenvalue weighted by Gasteiger charge is -2.22. The fraction of sp³-hybridized carbons (Fsp3) is 0.583. The van der Waals surface area contributed by atoms with Crippen LogP contribution in [0, 0.1) is 11.3 Å². The fourth-order valence-electron chi connectivity index (χ4n) is 1.36. The van der Waals surface area contributed by atoms with Gasteiger partial charge in [0.15, 0.2) is 5.16 Å². The van der Waals surface area contributed by atoms with Gasteiger partial charge in [-0.1, -0.05) is 18.7 Å². The van der Waals surface area contributed by atoms with Crippen molar-refractivity contribution >= 4 is 11.8 Å². The molecule has 5 nitrogen and oxygen atoms in total. The first-order chi connectivity index (χ1) is 8.59. The Hall–Kier alpha value is -1.32. The highest BCUT2D eigenvalue weighted by atomic mass is 32.2. The number of H-pyrrole nitrogens is 1. The second-order valence-corrected chi connectivity index (χ2v) is 5.29. The van der Waals surface area contributed by atoms with Crippen molar-refractivity contribution in [2.24, 2.45) is 0 Å². The zero-order valence-corrected chi connectivity index (χ0v) is 11.5. The van der Waals surface area contributed by atoms with E-state index >= 15 is 0 Å². The molecule has 1 aromatic rings. The Morgan fingerprint density at radius 2 is 2.44 bits per heavy atom. The van der Waals surface area contributed by atoms with E-state index in [4.69, 9.17) is 5.26 Å². The van der Waals surface area contributed by atoms with Gasteiger partial charge < -0.3 is 4.98 Å². The molecule has 0 aromatic carbocycles. The number of aromatic amines is 1. The number of nitrogens with zero attached hydrogens (tertiary/aromatic N) is 2. The Bertz CT molecular complexity index is 468. The van der Waals surface area contributed by atoms with Gasteiger partial charge in [-0.2, -0.15) is 5.26 Å². The van der Waals surface area contributed by atoms with Gasteiger partial charge in [0.05, 0.1) is 6.07 Å². The maximum absolute atomic E-state index is 11.1. The van der Waals surface area contributed by atoms with Crippen LogP contribution in [0.5, 0.6) is 0 Å². The number of rotatable bonds is 7. The molecule has 0 aliphatic carbocycles. The lowest BCUT2D eigenvalue weighted by molar-refractivity contribution is 0.437. The highest BCUT2D eigenvalue weighted by molar-refractivity contribution is 7.99. The summed E-state index contributed by atoms with van der Waals surface area (Å²) >= 11 is 1.45. The van der Waals surface area contributed by atoms with Crippen molar-refractivity contribution in [3.63, 3.8) is 0 Å². The summed E-state index contributed by atoms with van der Waals surface area (Å²) in [6.45, 7) is 4.79. The van der Waals surface area contributed by atoms with Crippen molar-refractivity contribution in [2.45, 2.75) is 37.4 Å². The Kier molecular flexibility index (Phi) is 5.89. The highest BCUT2D eigenvalue weighted by Gasteiger charge is 2.22. The van der Waals surface area contributed by atoms with Gasteiger partial charge >= 0.3 is 0 Å². The molecule has 1 rings (SSSR count). The molecule has 1 unspecified atom stereocenters. The highest BCUT2D eigenvalue weighted by Crippen LogP contribution is 2.17. The van der Waals surface area contributed by atoms with E-state index in [2.05, 4.69) is 28.3 Å². The van der Waals surface area contributed by atoms with E-state index in [1.165, 1.54) is 24.0 Å². The maximum Gasteiger partial charge on any atom is 0.251 e. The van der Waals surface area contributed by atoms with E-state index in [0.29, 0.717) is 11.6 Å². The molecule has 1 aromatic heterocycles. The Morgan fingerprint density at radius 1 is 1.67 bits per heavy atom. The summed E-state index contributed by atoms with van der Waals surface area (Å²) in [5.74, 6) is 0.730. The monoisotopic (exact) mass is 266 g/mol. The minimum Gasteiger partial charge on any atom is -0.301 e. The summed E-state index contributed by atoms with van der Waals surface area (Å²) < 4.78 is 0. The van der Waals surface area contributed by atoms with Gasteiger partial charge in [-0.3, -0.25) is 10.1 Å². The standard InChI is InChI=1S/C12H18N4OS/c1-3-6-15-12(2,9-13)5-8-18-11-14-7-4-10(17)16-11/h4,7,15H,3,5-6,8H2,1-2H3,(H,14,16,17). The van der Waals surface area contributed by atoms with Crippen LogP contribution in [-0.2, 0) is 0 Å². The average Bonchev–Trinajstić information content (AvgIpc) is 2.36. The van der Waals surface area contributed by atoms with Crippen LogP contribution in [0.1, 0.15) is 26.7 Å². The first kappa shape index (κ1) is 14.7. The minimum atomic E-state index is -0.516. The van der Waals surface area contributed by atoms with E-state index in [9.17, 15) is 4.79 Å². The second-order valence-electron chi connectivity index (χ2n) is 4.21. The van der Waals surface area contributed by atoms with E-state index in [-0.39, 0.29) is 5.56 Å². The summed E-state index contributed by atoms with van der Waals surface area (Å²) in [6, 6.07) is 3.68. The molecule has 1 atom stereocenters. The lowest BCUT2D eigenvalue weighted by Crippen LogP contribution is -2.41. The van der Waals surface area contributed by atoms with Gasteiger partial charge in [0.25, 0.3) is 5.56 Å². The number of thioether (sulfide) groups is 1. The number of nitrogens with one attached hydrogen (secondary N) is 2. The van der Waals surface area contributed by atoms with Crippen LogP contribution >= 0.6 is 11.8 Å². The van der Waals surface area contributed by atoms with Crippen molar-refractivity contribution in [1.82, 2.24) is 15.3 Å². The molecule has 18 heavy (non-hydrogen) atoms. The predicted octanol–water partition coefficient (Wildman–Crippen LogP) is 1.53. The third-order valence-electron chi connectivity index (χ3n) is 2.50. The molecular formula is C12H18N4OS. The largest absolute Gasteiger partial charge is 0.301 e. The van der Waals surface area contributed by atoms with E-state index < -0.39 is 5.54 Å². The van der Waals surface area contributed by atoms with Crippen LogP contribution < -0.4 is 10.9 Å². The number of nitriles is 1. The molecule has 0 saturated carbocycles. The van der Waals surface area contributed by atoms with Crippen molar-refractivity contribution in [3.05, 3.63) is 22.6 Å². The average molecular weight is 266 g/mol. The molecule has 6 heteroatoms. The zero-order valence-electron chi connectivity index (χ0n) is 10.7. The van der Waals surface area contributed by atoms with E-state index in [0.717, 1.165) is 18.7 Å². The summed E-state index contributed by atoms with van der Waals surface area (Å²) in [5.41, 5.74) is -0.669. The van der Waals surface area contributed by atoms with E-state index in [1.54, 1.807) is 0 Å². The van der Waals surface area contributed by atoms with Crippen molar-refractivity contribution in [1.29, 1.82) is 5.26 Å². The van der Waals surface area contributed by atoms with Crippen molar-refractivity contribution < 1.29 is 0 Å². The van der Waals surface area contributed by atoms with Gasteiger partial charge in [0.1, 0.15) is 5.54 Å². The third kappa shape index (κ3) is 4.90. The van der Waals surface area contributed by atoms with Gasteiger partial charge in [-0.05, 0) is 26.3 Å². The van der Waals surface area contributed by atoms with Gasteiger partial charge in [0.2, 0.25) is 0 Å². The molecule has 0 aliphatic heterocycles. The number of hydrogen-bond donors (Lipinski definition) is 2. The second kappa shape index (κ2) is 7.19. The molecule has 0 fully saturated rings. The molecule has 0 spiro atoms. The molecule has 0 amide bonds. The summed E-state index contributed by atoms with van der Waals surface area (Å²) in [6.07, 6.45) is 3.19. The molecule has 0 bridgehead atoms. The Morgan fingerprint density at radius 3 is 3.06 bits per heavy atom. The minimum absolute atomic E-state index is 0.153. The first-order valence-electron chi connectivity index (χ1n) is 5.94. The van der Waals surface area contributed by atoms with Crippen LogP contribution in [0.3, 0.4) is 0 Å². The molecule has 0 saturated heterocycles. The molecule has 2 N–H and O–H groups in total. The maximum atomic E-state index is 11.1. The van der Waals surface area contributed by atoms with Crippen molar-refractivity contribution in [2.75, 3.05) is 12.3 Å². The van der Waals surface area contributed by atoms with Crippen molar-refractivity contribution in [3.8, 4) is 6.07 Å². The quantitative estimate of drug-likeness (QED) is 0.578. The Labute approximate surface area is 111 Å². The number of aromatic nitrogens is 2. The summed E-state index contributed by atoms with van der Waals surface area (Å²) in [4.78, 5) is 17.8. The van der Waals surface area contributed by atoms with Crippen LogP contribution in [0.25, 0.3) is 0 Å². The molecule has 0 radical (unpaired) electrons. The smallest absolute Gasteiger partial charge is 0.251 e. The zero-order chi connectivity index (χ0) is 13.4. The van der Waals surface area contributed by atoms with Crippen LogP contribution in [0.15, 0.2) is 22.2 Å². The summed E-state index contributed by atoms with van der Waals surface area (Å²) in [7, 11) is 0. The van der Waals surface area contributed by atoms with Crippen LogP contribution in [0.2, 0.25) is 0 Å². The van der Waals surface area contributed by atoms with Gasteiger partial charge in [0, 0.05) is 18.0 Å².